The van der Waals surface area contributed by atoms with Crippen LogP contribution in [0.15, 0.2) is 18.2 Å². The molecule has 0 amide bonds. The highest BCUT2D eigenvalue weighted by Crippen LogP contribution is 2.17. The lowest BCUT2D eigenvalue weighted by molar-refractivity contribution is 0.0685. The summed E-state index contributed by atoms with van der Waals surface area (Å²) in [5, 5.41) is 16.3. The average molecular weight is 265 g/mol. The summed E-state index contributed by atoms with van der Waals surface area (Å²) in [5.41, 5.74) is 0.951. The van der Waals surface area contributed by atoms with Crippen LogP contribution >= 0.6 is 0 Å². The molecule has 0 radical (unpaired) electrons. The maximum absolute atomic E-state index is 13.5. The van der Waals surface area contributed by atoms with Crippen LogP contribution < -0.4 is 0 Å². The number of nitrogens with zero attached hydrogens (tertiary/aromatic N) is 3. The molecule has 0 spiro atoms. The van der Waals surface area contributed by atoms with Crippen LogP contribution in [0.2, 0.25) is 0 Å². The number of methoxy groups -OCH3 is 1. The fraction of sp³-hybridized carbons (Fsp3) is 0.250. The topological polar surface area (TPSA) is 77.2 Å². The highest BCUT2D eigenvalue weighted by atomic mass is 19.1. The third-order valence-corrected chi connectivity index (χ3v) is 2.65. The van der Waals surface area contributed by atoms with Gasteiger partial charge in [-0.25, -0.2) is 13.9 Å². The van der Waals surface area contributed by atoms with E-state index >= 15 is 0 Å². The van der Waals surface area contributed by atoms with Crippen LogP contribution in [0.25, 0.3) is 5.69 Å². The molecule has 1 heterocycles. The molecule has 19 heavy (non-hydrogen) atoms. The van der Waals surface area contributed by atoms with Gasteiger partial charge in [0.15, 0.2) is 5.69 Å². The molecule has 0 saturated carbocycles. The highest BCUT2D eigenvalue weighted by molar-refractivity contribution is 5.86. The number of ether oxygens (including phenoxy) is 1. The SMILES string of the molecule is COCc1c(C(=O)O)nnn1-c1ccc(C)c(F)c1. The van der Waals surface area contributed by atoms with Gasteiger partial charge in [-0.1, -0.05) is 11.3 Å². The Labute approximate surface area is 108 Å². The van der Waals surface area contributed by atoms with Gasteiger partial charge in [-0.05, 0) is 24.6 Å². The van der Waals surface area contributed by atoms with E-state index in [0.717, 1.165) is 0 Å². The van der Waals surface area contributed by atoms with Gasteiger partial charge in [0.2, 0.25) is 0 Å². The third-order valence-electron chi connectivity index (χ3n) is 2.65. The molecule has 0 unspecified atom stereocenters. The lowest BCUT2D eigenvalue weighted by Gasteiger charge is -2.07. The number of hydrogen-bond acceptors (Lipinski definition) is 4. The fourth-order valence-corrected chi connectivity index (χ4v) is 1.65. The minimum absolute atomic E-state index is 0.0180. The summed E-state index contributed by atoms with van der Waals surface area (Å²) in [7, 11) is 1.43. The lowest BCUT2D eigenvalue weighted by Crippen LogP contribution is -2.08. The number of aryl methyl sites for hydroxylation is 1. The van der Waals surface area contributed by atoms with Crippen LogP contribution in [0.5, 0.6) is 0 Å². The number of benzene rings is 1. The zero-order valence-corrected chi connectivity index (χ0v) is 10.4. The van der Waals surface area contributed by atoms with Crippen LogP contribution in [0.4, 0.5) is 4.39 Å². The number of hydrogen-bond donors (Lipinski definition) is 1. The third kappa shape index (κ3) is 2.45. The number of carboxylic acids is 1. The second-order valence-electron chi connectivity index (χ2n) is 3.97. The molecule has 0 aliphatic rings. The molecule has 2 aromatic rings. The van der Waals surface area contributed by atoms with E-state index in [4.69, 9.17) is 9.84 Å². The zero-order chi connectivity index (χ0) is 14.0. The van der Waals surface area contributed by atoms with Crippen LogP contribution in [0.1, 0.15) is 21.7 Å². The summed E-state index contributed by atoms with van der Waals surface area (Å²) < 4.78 is 19.7. The molecule has 7 heteroatoms. The number of rotatable bonds is 4. The quantitative estimate of drug-likeness (QED) is 0.907. The van der Waals surface area contributed by atoms with E-state index < -0.39 is 11.8 Å². The van der Waals surface area contributed by atoms with Crippen molar-refractivity contribution in [2.24, 2.45) is 0 Å². The van der Waals surface area contributed by atoms with Crippen molar-refractivity contribution in [2.75, 3.05) is 7.11 Å². The number of aromatic carboxylic acids is 1. The maximum Gasteiger partial charge on any atom is 0.358 e. The molecule has 0 aliphatic heterocycles. The van der Waals surface area contributed by atoms with Crippen molar-refractivity contribution in [3.8, 4) is 5.69 Å². The Morgan fingerprint density at radius 1 is 1.53 bits per heavy atom. The first-order valence-electron chi connectivity index (χ1n) is 5.48. The number of halogens is 1. The summed E-state index contributed by atoms with van der Waals surface area (Å²) in [6, 6.07) is 4.50. The molecular formula is C12H12FN3O3. The van der Waals surface area contributed by atoms with E-state index in [1.54, 1.807) is 19.1 Å². The summed E-state index contributed by atoms with van der Waals surface area (Å²) in [6.45, 7) is 1.66. The first-order valence-corrected chi connectivity index (χ1v) is 5.48. The Kier molecular flexibility index (Phi) is 3.57. The van der Waals surface area contributed by atoms with Gasteiger partial charge in [0.05, 0.1) is 12.3 Å². The molecule has 0 aliphatic carbocycles. The predicted octanol–water partition coefficient (Wildman–Crippen LogP) is 1.56. The van der Waals surface area contributed by atoms with Crippen molar-refractivity contribution >= 4 is 5.97 Å². The van der Waals surface area contributed by atoms with Gasteiger partial charge < -0.3 is 9.84 Å². The summed E-state index contributed by atoms with van der Waals surface area (Å²) in [5.74, 6) is -1.60. The van der Waals surface area contributed by atoms with E-state index in [9.17, 15) is 9.18 Å². The smallest absolute Gasteiger partial charge is 0.358 e. The molecule has 2 rings (SSSR count). The Hall–Kier alpha value is -2.28. The van der Waals surface area contributed by atoms with Crippen LogP contribution in [0, 0.1) is 12.7 Å². The predicted molar refractivity (Wildman–Crippen MR) is 63.7 cm³/mol. The van der Waals surface area contributed by atoms with Gasteiger partial charge in [0.1, 0.15) is 11.5 Å². The number of carboxylic acid groups (broad SMARTS) is 1. The Morgan fingerprint density at radius 2 is 2.26 bits per heavy atom. The van der Waals surface area contributed by atoms with E-state index in [1.807, 2.05) is 0 Å². The molecule has 100 valence electrons. The maximum atomic E-state index is 13.5. The summed E-state index contributed by atoms with van der Waals surface area (Å²) in [4.78, 5) is 11.0. The van der Waals surface area contributed by atoms with E-state index in [2.05, 4.69) is 10.3 Å². The molecule has 0 bridgehead atoms. The molecule has 1 aromatic carbocycles. The second-order valence-corrected chi connectivity index (χ2v) is 3.97. The summed E-state index contributed by atoms with van der Waals surface area (Å²) >= 11 is 0. The first-order chi connectivity index (χ1) is 9.04. The van der Waals surface area contributed by atoms with Crippen molar-refractivity contribution in [2.45, 2.75) is 13.5 Å². The normalized spacial score (nSPS) is 10.7. The monoisotopic (exact) mass is 265 g/mol. The van der Waals surface area contributed by atoms with E-state index in [-0.39, 0.29) is 18.0 Å². The van der Waals surface area contributed by atoms with Crippen molar-refractivity contribution < 1.29 is 19.0 Å². The van der Waals surface area contributed by atoms with Crippen LogP contribution in [0.3, 0.4) is 0 Å². The minimum Gasteiger partial charge on any atom is -0.476 e. The number of carbonyl (C=O) groups is 1. The Bertz CT molecular complexity index is 625. The Morgan fingerprint density at radius 3 is 2.84 bits per heavy atom. The minimum atomic E-state index is -1.20. The largest absolute Gasteiger partial charge is 0.476 e. The number of aromatic nitrogens is 3. The molecule has 1 aromatic heterocycles. The molecule has 0 atom stereocenters. The average Bonchev–Trinajstić information content (AvgIpc) is 2.77. The van der Waals surface area contributed by atoms with Gasteiger partial charge in [-0.2, -0.15) is 0 Å². The molecule has 1 N–H and O–H groups in total. The first kappa shape index (κ1) is 13.2. The van der Waals surface area contributed by atoms with Gasteiger partial charge >= 0.3 is 5.97 Å². The molecular weight excluding hydrogens is 253 g/mol. The zero-order valence-electron chi connectivity index (χ0n) is 10.4. The lowest BCUT2D eigenvalue weighted by atomic mass is 10.2. The highest BCUT2D eigenvalue weighted by Gasteiger charge is 2.20. The van der Waals surface area contributed by atoms with Crippen molar-refractivity contribution in [1.82, 2.24) is 15.0 Å². The standard InChI is InChI=1S/C12H12FN3O3/c1-7-3-4-8(5-9(7)13)16-10(6-19-2)11(12(17)18)14-15-16/h3-5H,6H2,1-2H3,(H,17,18). The Balaban J connectivity index is 2.55. The van der Waals surface area contributed by atoms with Crippen molar-refractivity contribution in [3.05, 3.63) is 41.0 Å². The van der Waals surface area contributed by atoms with Crippen LogP contribution in [-0.2, 0) is 11.3 Å². The summed E-state index contributed by atoms with van der Waals surface area (Å²) in [6.07, 6.45) is 0. The fourth-order valence-electron chi connectivity index (χ4n) is 1.65. The molecule has 0 fully saturated rings. The van der Waals surface area contributed by atoms with E-state index in [1.165, 1.54) is 17.9 Å². The van der Waals surface area contributed by atoms with Crippen molar-refractivity contribution in [3.63, 3.8) is 0 Å². The second kappa shape index (κ2) is 5.15. The van der Waals surface area contributed by atoms with Crippen molar-refractivity contribution in [1.29, 1.82) is 0 Å². The van der Waals surface area contributed by atoms with Gasteiger partial charge in [0, 0.05) is 7.11 Å². The van der Waals surface area contributed by atoms with Gasteiger partial charge in [-0.3, -0.25) is 0 Å². The van der Waals surface area contributed by atoms with Gasteiger partial charge in [0.25, 0.3) is 0 Å². The molecule has 0 saturated heterocycles. The van der Waals surface area contributed by atoms with Gasteiger partial charge in [-0.15, -0.1) is 5.10 Å². The molecule has 6 nitrogen and oxygen atoms in total. The van der Waals surface area contributed by atoms with E-state index in [0.29, 0.717) is 11.3 Å². The van der Waals surface area contributed by atoms with Crippen LogP contribution in [-0.4, -0.2) is 33.2 Å².